The molecule has 2 aromatic heterocycles. The quantitative estimate of drug-likeness (QED) is 0.223. The molecule has 15 heteroatoms. The summed E-state index contributed by atoms with van der Waals surface area (Å²) in [5, 5.41) is 32.7. The van der Waals surface area contributed by atoms with E-state index in [9.17, 15) is 33.0 Å². The first-order chi connectivity index (χ1) is 19.3. The van der Waals surface area contributed by atoms with Gasteiger partial charge in [-0.3, -0.25) is 20.2 Å². The second-order valence-electron chi connectivity index (χ2n) is 9.55. The fourth-order valence-corrected chi connectivity index (χ4v) is 6.36. The average Bonchev–Trinajstić information content (AvgIpc) is 3.55. The molecular weight excluding hydrogens is 561 g/mol. The van der Waals surface area contributed by atoms with Gasteiger partial charge in [-0.2, -0.15) is 4.39 Å². The van der Waals surface area contributed by atoms with Gasteiger partial charge in [0.1, 0.15) is 17.2 Å². The van der Waals surface area contributed by atoms with Crippen LogP contribution >= 0.6 is 0 Å². The lowest BCUT2D eigenvalue weighted by Crippen LogP contribution is -2.21. The van der Waals surface area contributed by atoms with E-state index in [0.29, 0.717) is 51.7 Å². The molecule has 0 spiro atoms. The lowest BCUT2D eigenvalue weighted by molar-refractivity contribution is -0.387. The average molecular weight is 588 g/mol. The Kier molecular flexibility index (Phi) is 8.19. The summed E-state index contributed by atoms with van der Waals surface area (Å²) < 4.78 is 46.3. The van der Waals surface area contributed by atoms with E-state index in [1.54, 1.807) is 39.8 Å². The van der Waals surface area contributed by atoms with E-state index in [2.05, 4.69) is 15.6 Å². The summed E-state index contributed by atoms with van der Waals surface area (Å²) in [6.07, 6.45) is 0.450. The van der Waals surface area contributed by atoms with Crippen molar-refractivity contribution in [1.29, 1.82) is 0 Å². The number of halogens is 1. The number of nitro groups is 2. The predicted molar refractivity (Wildman–Crippen MR) is 147 cm³/mol. The molecule has 1 atom stereocenters. The Morgan fingerprint density at radius 2 is 1.39 bits per heavy atom. The molecule has 1 fully saturated rings. The van der Waals surface area contributed by atoms with Gasteiger partial charge in [-0.1, -0.05) is 22.4 Å². The van der Waals surface area contributed by atoms with Gasteiger partial charge in [0.25, 0.3) is 5.69 Å². The maximum atomic E-state index is 13.2. The predicted octanol–water partition coefficient (Wildman–Crippen LogP) is 5.47. The second kappa shape index (κ2) is 11.4. The molecule has 1 aliphatic heterocycles. The zero-order valence-corrected chi connectivity index (χ0v) is 23.3. The summed E-state index contributed by atoms with van der Waals surface area (Å²) >= 11 is 0. The fourth-order valence-electron chi connectivity index (χ4n) is 4.69. The van der Waals surface area contributed by atoms with Crippen molar-refractivity contribution >= 4 is 26.9 Å². The van der Waals surface area contributed by atoms with E-state index in [4.69, 9.17) is 9.05 Å². The molecule has 13 nitrogen and oxygen atoms in total. The van der Waals surface area contributed by atoms with E-state index in [0.717, 1.165) is 11.6 Å². The topological polar surface area (TPSA) is 185 Å². The number of nitro benzene ring substituents is 2. The third-order valence-corrected chi connectivity index (χ3v) is 8.34. The van der Waals surface area contributed by atoms with Crippen LogP contribution < -0.4 is 5.32 Å². The van der Waals surface area contributed by atoms with E-state index < -0.39 is 31.2 Å². The van der Waals surface area contributed by atoms with Crippen molar-refractivity contribution in [2.24, 2.45) is 0 Å². The fraction of sp³-hybridized carbons (Fsp3) is 0.308. The molecule has 0 saturated carbocycles. The van der Waals surface area contributed by atoms with Crippen LogP contribution in [0.1, 0.15) is 29.3 Å². The maximum absolute atomic E-state index is 13.2. The van der Waals surface area contributed by atoms with E-state index in [-0.39, 0.29) is 23.2 Å². The van der Waals surface area contributed by atoms with Gasteiger partial charge in [-0.05, 0) is 57.4 Å². The third-order valence-electron chi connectivity index (χ3n) is 6.57. The van der Waals surface area contributed by atoms with Gasteiger partial charge in [-0.15, -0.1) is 0 Å². The zero-order chi connectivity index (χ0) is 30.1. The van der Waals surface area contributed by atoms with Gasteiger partial charge in [0.2, 0.25) is 5.82 Å². The van der Waals surface area contributed by atoms with Crippen LogP contribution in [0.5, 0.6) is 0 Å². The molecule has 1 aliphatic rings. The van der Waals surface area contributed by atoms with Crippen LogP contribution in [-0.4, -0.2) is 46.1 Å². The van der Waals surface area contributed by atoms with Gasteiger partial charge in [-0.25, -0.2) is 8.42 Å². The Hall–Kier alpha value is -4.66. The highest BCUT2D eigenvalue weighted by Crippen LogP contribution is 2.35. The minimum absolute atomic E-state index is 0.00419. The molecule has 1 saturated heterocycles. The van der Waals surface area contributed by atoms with Crippen molar-refractivity contribution < 1.29 is 31.7 Å². The largest absolute Gasteiger partial charge is 0.376 e. The van der Waals surface area contributed by atoms with Crippen LogP contribution in [-0.2, 0) is 9.84 Å². The second-order valence-corrected chi connectivity index (χ2v) is 11.8. The standard InChI is InChI=1S/C15H17N3O5S.C11H9FN2O3/c1-9-15(10(2)23-17-9)11-3-4-13(14(7-11)18(19)20)16-12-5-6-24(21,22)8-12;1-6-11(7(2)17-13-6)8-3-4-9(12)10(5-8)14(15)16/h3-4,7,12,16H,5-6,8H2,1-2H3;3-5H,1-2H3/t12-;/m0./s1. The molecule has 216 valence electrons. The SMILES string of the molecule is Cc1noc(C)c1-c1ccc(F)c([N+](=O)[O-])c1.Cc1noc(C)c1-c1ccc(N[C@H]2CCS(=O)(=O)C2)c([N+](=O)[O-])c1. The number of benzene rings is 2. The Morgan fingerprint density at radius 1 is 0.878 bits per heavy atom. The highest BCUT2D eigenvalue weighted by Gasteiger charge is 2.29. The van der Waals surface area contributed by atoms with Crippen molar-refractivity contribution in [1.82, 2.24) is 10.3 Å². The molecule has 3 heterocycles. The number of nitrogens with zero attached hydrogens (tertiary/aromatic N) is 4. The van der Waals surface area contributed by atoms with Crippen molar-refractivity contribution in [3.63, 3.8) is 0 Å². The minimum atomic E-state index is -3.06. The molecule has 0 radical (unpaired) electrons. The number of anilines is 1. The van der Waals surface area contributed by atoms with E-state index in [1.807, 2.05) is 0 Å². The summed E-state index contributed by atoms with van der Waals surface area (Å²) in [7, 11) is -3.06. The minimum Gasteiger partial charge on any atom is -0.376 e. The zero-order valence-electron chi connectivity index (χ0n) is 22.5. The molecule has 0 amide bonds. The summed E-state index contributed by atoms with van der Waals surface area (Å²) in [5.41, 5.74) is 3.49. The van der Waals surface area contributed by atoms with E-state index >= 15 is 0 Å². The highest BCUT2D eigenvalue weighted by molar-refractivity contribution is 7.91. The molecular formula is C26H26FN5O8S. The van der Waals surface area contributed by atoms with Gasteiger partial charge < -0.3 is 14.4 Å². The number of aryl methyl sites for hydroxylation is 4. The van der Waals surface area contributed by atoms with E-state index in [1.165, 1.54) is 18.2 Å². The van der Waals surface area contributed by atoms with Crippen LogP contribution in [0.3, 0.4) is 0 Å². The molecule has 1 N–H and O–H groups in total. The summed E-state index contributed by atoms with van der Waals surface area (Å²) in [6.45, 7) is 6.94. The van der Waals surface area contributed by atoms with Crippen molar-refractivity contribution in [2.75, 3.05) is 16.8 Å². The van der Waals surface area contributed by atoms with Crippen LogP contribution in [0.25, 0.3) is 22.3 Å². The van der Waals surface area contributed by atoms with Gasteiger partial charge in [0.05, 0.1) is 32.7 Å². The molecule has 4 aromatic rings. The van der Waals surface area contributed by atoms with Gasteiger partial charge in [0.15, 0.2) is 9.84 Å². The van der Waals surface area contributed by atoms with Crippen LogP contribution in [0, 0.1) is 53.7 Å². The third kappa shape index (κ3) is 6.40. The first-order valence-corrected chi connectivity index (χ1v) is 14.2. The number of aromatic nitrogens is 2. The molecule has 41 heavy (non-hydrogen) atoms. The summed E-state index contributed by atoms with van der Waals surface area (Å²) in [6, 6.07) is 8.21. The highest BCUT2D eigenvalue weighted by atomic mass is 32.2. The van der Waals surface area contributed by atoms with Crippen LogP contribution in [0.15, 0.2) is 45.4 Å². The smallest absolute Gasteiger partial charge is 0.305 e. The maximum Gasteiger partial charge on any atom is 0.305 e. The number of sulfone groups is 1. The first-order valence-electron chi connectivity index (χ1n) is 12.3. The molecule has 0 unspecified atom stereocenters. The molecule has 5 rings (SSSR count). The number of hydrogen-bond acceptors (Lipinski definition) is 11. The van der Waals surface area contributed by atoms with Crippen LogP contribution in [0.2, 0.25) is 0 Å². The number of nitrogens with one attached hydrogen (secondary N) is 1. The van der Waals surface area contributed by atoms with Gasteiger partial charge >= 0.3 is 5.69 Å². The van der Waals surface area contributed by atoms with Crippen LogP contribution in [0.4, 0.5) is 21.5 Å². The molecule has 0 aliphatic carbocycles. The Bertz CT molecular complexity index is 1710. The normalized spacial score (nSPS) is 15.7. The summed E-state index contributed by atoms with van der Waals surface area (Å²) in [5.74, 6) is 0.379. The Balaban J connectivity index is 0.000000201. The molecule has 0 bridgehead atoms. The Labute approximate surface area is 233 Å². The number of hydrogen-bond donors (Lipinski definition) is 1. The Morgan fingerprint density at radius 3 is 1.83 bits per heavy atom. The lowest BCUT2D eigenvalue weighted by atomic mass is 10.0. The summed E-state index contributed by atoms with van der Waals surface area (Å²) in [4.78, 5) is 20.8. The van der Waals surface area contributed by atoms with Crippen molar-refractivity contribution in [3.8, 4) is 22.3 Å². The number of rotatable bonds is 6. The first kappa shape index (κ1) is 29.3. The lowest BCUT2D eigenvalue weighted by Gasteiger charge is -2.13. The van der Waals surface area contributed by atoms with Gasteiger partial charge in [0, 0.05) is 29.3 Å². The van der Waals surface area contributed by atoms with Crippen molar-refractivity contribution in [2.45, 2.75) is 40.2 Å². The molecule has 2 aromatic carbocycles. The monoisotopic (exact) mass is 587 g/mol. The van der Waals surface area contributed by atoms with Crippen molar-refractivity contribution in [3.05, 3.63) is 85.4 Å².